The predicted molar refractivity (Wildman–Crippen MR) is 108 cm³/mol. The summed E-state index contributed by atoms with van der Waals surface area (Å²) in [5.74, 6) is -1.18. The van der Waals surface area contributed by atoms with Crippen molar-refractivity contribution in [3.63, 3.8) is 0 Å². The van der Waals surface area contributed by atoms with Crippen molar-refractivity contribution in [2.75, 3.05) is 18.1 Å². The first-order chi connectivity index (χ1) is 13.1. The molecule has 0 aromatic heterocycles. The summed E-state index contributed by atoms with van der Waals surface area (Å²) in [6.07, 6.45) is 0.607. The first-order valence-electron chi connectivity index (χ1n) is 8.77. The van der Waals surface area contributed by atoms with Gasteiger partial charge in [-0.25, -0.2) is 21.2 Å². The molecule has 0 spiro atoms. The van der Waals surface area contributed by atoms with E-state index >= 15 is 0 Å². The third-order valence-corrected chi connectivity index (χ3v) is 9.29. The second kappa shape index (κ2) is 8.10. The van der Waals surface area contributed by atoms with Crippen LogP contribution in [-0.4, -0.2) is 46.2 Å². The van der Waals surface area contributed by atoms with Crippen molar-refractivity contribution in [2.45, 2.75) is 29.5 Å². The van der Waals surface area contributed by atoms with Gasteiger partial charge in [-0.2, -0.15) is 0 Å². The highest BCUT2D eigenvalue weighted by Gasteiger charge is 2.45. The maximum Gasteiger partial charge on any atom is 0.183 e. The fourth-order valence-electron chi connectivity index (χ4n) is 3.33. The van der Waals surface area contributed by atoms with Gasteiger partial charge in [-0.15, -0.1) is 0 Å². The summed E-state index contributed by atoms with van der Waals surface area (Å²) in [7, 11) is -7.41. The summed E-state index contributed by atoms with van der Waals surface area (Å²) in [6.45, 7) is 1.90. The molecule has 152 valence electrons. The SMILES string of the molecule is Cc1cc(S(=O)(=O)[C@H]2CS(=O)(=O)C[C@@H]2NCCc2ccc(Cl)cc2)ccc1F. The summed E-state index contributed by atoms with van der Waals surface area (Å²) in [5, 5.41) is 2.61. The molecule has 1 heterocycles. The molecule has 1 N–H and O–H groups in total. The zero-order valence-electron chi connectivity index (χ0n) is 15.2. The Morgan fingerprint density at radius 2 is 1.82 bits per heavy atom. The van der Waals surface area contributed by atoms with Crippen LogP contribution in [0.5, 0.6) is 0 Å². The average molecular weight is 446 g/mol. The van der Waals surface area contributed by atoms with Crippen LogP contribution in [0.3, 0.4) is 0 Å². The third kappa shape index (κ3) is 4.74. The zero-order valence-corrected chi connectivity index (χ0v) is 17.6. The number of halogens is 2. The van der Waals surface area contributed by atoms with Crippen molar-refractivity contribution in [2.24, 2.45) is 0 Å². The Kier molecular flexibility index (Phi) is 6.14. The highest BCUT2D eigenvalue weighted by Crippen LogP contribution is 2.27. The molecule has 0 aliphatic carbocycles. The van der Waals surface area contributed by atoms with E-state index < -0.39 is 42.5 Å². The molecule has 2 atom stereocenters. The van der Waals surface area contributed by atoms with Gasteiger partial charge in [0.1, 0.15) is 5.82 Å². The van der Waals surface area contributed by atoms with Crippen molar-refractivity contribution < 1.29 is 21.2 Å². The number of rotatable bonds is 6. The van der Waals surface area contributed by atoms with Gasteiger partial charge in [0.05, 0.1) is 21.7 Å². The van der Waals surface area contributed by atoms with E-state index in [4.69, 9.17) is 11.6 Å². The van der Waals surface area contributed by atoms with Crippen molar-refractivity contribution in [3.05, 3.63) is 64.4 Å². The molecule has 0 saturated carbocycles. The molecule has 1 fully saturated rings. The number of sulfone groups is 2. The van der Waals surface area contributed by atoms with E-state index in [0.29, 0.717) is 18.0 Å². The smallest absolute Gasteiger partial charge is 0.183 e. The van der Waals surface area contributed by atoms with Crippen molar-refractivity contribution >= 4 is 31.3 Å². The van der Waals surface area contributed by atoms with Crippen LogP contribution in [0.15, 0.2) is 47.4 Å². The first-order valence-corrected chi connectivity index (χ1v) is 12.5. The van der Waals surface area contributed by atoms with Gasteiger partial charge in [0, 0.05) is 11.1 Å². The van der Waals surface area contributed by atoms with Gasteiger partial charge in [0.2, 0.25) is 0 Å². The molecule has 1 saturated heterocycles. The lowest BCUT2D eigenvalue weighted by Crippen LogP contribution is -2.44. The fraction of sp³-hybridized carbons (Fsp3) is 0.368. The topological polar surface area (TPSA) is 80.3 Å². The Morgan fingerprint density at radius 3 is 2.46 bits per heavy atom. The van der Waals surface area contributed by atoms with Gasteiger partial charge in [-0.05, 0) is 61.3 Å². The molecule has 2 aromatic rings. The molecule has 0 amide bonds. The molecule has 3 rings (SSSR count). The van der Waals surface area contributed by atoms with Gasteiger partial charge in [0.25, 0.3) is 0 Å². The molecule has 0 radical (unpaired) electrons. The number of hydrogen-bond donors (Lipinski definition) is 1. The second-order valence-electron chi connectivity index (χ2n) is 7.01. The molecule has 28 heavy (non-hydrogen) atoms. The van der Waals surface area contributed by atoms with Crippen molar-refractivity contribution in [3.8, 4) is 0 Å². The number of aryl methyl sites for hydroxylation is 1. The average Bonchev–Trinajstić information content (AvgIpc) is 2.94. The van der Waals surface area contributed by atoms with E-state index in [1.54, 1.807) is 12.1 Å². The molecule has 2 aromatic carbocycles. The van der Waals surface area contributed by atoms with E-state index in [-0.39, 0.29) is 16.2 Å². The van der Waals surface area contributed by atoms with Crippen LogP contribution in [-0.2, 0) is 26.1 Å². The maximum atomic E-state index is 13.5. The monoisotopic (exact) mass is 445 g/mol. The van der Waals surface area contributed by atoms with E-state index in [1.165, 1.54) is 19.1 Å². The third-order valence-electron chi connectivity index (χ3n) is 4.89. The van der Waals surface area contributed by atoms with E-state index in [0.717, 1.165) is 11.6 Å². The summed E-state index contributed by atoms with van der Waals surface area (Å²) in [4.78, 5) is -0.0574. The molecule has 5 nitrogen and oxygen atoms in total. The van der Waals surface area contributed by atoms with Gasteiger partial charge in [0.15, 0.2) is 19.7 Å². The molecular weight excluding hydrogens is 425 g/mol. The van der Waals surface area contributed by atoms with Crippen LogP contribution in [0.1, 0.15) is 11.1 Å². The fourth-order valence-corrected chi connectivity index (χ4v) is 8.26. The zero-order chi connectivity index (χ0) is 20.5. The first kappa shape index (κ1) is 21.2. The van der Waals surface area contributed by atoms with Gasteiger partial charge >= 0.3 is 0 Å². The normalized spacial score (nSPS) is 21.7. The van der Waals surface area contributed by atoms with Crippen molar-refractivity contribution in [1.29, 1.82) is 0 Å². The molecule has 1 aliphatic heterocycles. The van der Waals surface area contributed by atoms with Crippen LogP contribution < -0.4 is 5.32 Å². The van der Waals surface area contributed by atoms with Gasteiger partial charge in [-0.1, -0.05) is 23.7 Å². The minimum Gasteiger partial charge on any atom is -0.311 e. The summed E-state index contributed by atoms with van der Waals surface area (Å²) in [6, 6.07) is 10.1. The van der Waals surface area contributed by atoms with Gasteiger partial charge in [-0.3, -0.25) is 0 Å². The Hall–Kier alpha value is -1.48. The maximum absolute atomic E-state index is 13.5. The van der Waals surface area contributed by atoms with E-state index in [2.05, 4.69) is 5.32 Å². The van der Waals surface area contributed by atoms with Crippen LogP contribution in [0, 0.1) is 12.7 Å². The number of benzene rings is 2. The summed E-state index contributed by atoms with van der Waals surface area (Å²) >= 11 is 5.86. The molecular formula is C19H21ClFNO4S2. The largest absolute Gasteiger partial charge is 0.311 e. The lowest BCUT2D eigenvalue weighted by atomic mass is 10.1. The van der Waals surface area contributed by atoms with Crippen LogP contribution in [0.4, 0.5) is 4.39 Å². The van der Waals surface area contributed by atoms with Crippen LogP contribution >= 0.6 is 11.6 Å². The molecule has 0 bridgehead atoms. The van der Waals surface area contributed by atoms with Gasteiger partial charge < -0.3 is 5.32 Å². The minimum absolute atomic E-state index is 0.0574. The minimum atomic E-state index is -3.92. The summed E-state index contributed by atoms with van der Waals surface area (Å²) < 4.78 is 63.8. The molecule has 9 heteroatoms. The summed E-state index contributed by atoms with van der Waals surface area (Å²) in [5.41, 5.74) is 1.21. The Morgan fingerprint density at radius 1 is 1.14 bits per heavy atom. The van der Waals surface area contributed by atoms with E-state index in [9.17, 15) is 21.2 Å². The Labute approximate surface area is 169 Å². The Bertz CT molecular complexity index is 1070. The predicted octanol–water partition coefficient (Wildman–Crippen LogP) is 2.56. The number of nitrogens with one attached hydrogen (secondary N) is 1. The quantitative estimate of drug-likeness (QED) is 0.691. The second-order valence-corrected chi connectivity index (χ2v) is 11.8. The number of hydrogen-bond acceptors (Lipinski definition) is 5. The molecule has 0 unspecified atom stereocenters. The standard InChI is InChI=1S/C19H21ClFNO4S2/c1-13-10-16(6-7-17(13)21)28(25,26)19-12-27(23,24)11-18(19)22-9-8-14-2-4-15(20)5-3-14/h2-7,10,18-19,22H,8-9,11-12H2,1H3/t18-,19-/m0/s1. The highest BCUT2D eigenvalue weighted by molar-refractivity contribution is 7.96. The van der Waals surface area contributed by atoms with Crippen molar-refractivity contribution in [1.82, 2.24) is 5.32 Å². The lowest BCUT2D eigenvalue weighted by molar-refractivity contribution is 0.528. The highest BCUT2D eigenvalue weighted by atomic mass is 35.5. The molecule has 1 aliphatic rings. The van der Waals surface area contributed by atoms with Crippen LogP contribution in [0.25, 0.3) is 0 Å². The van der Waals surface area contributed by atoms with Crippen LogP contribution in [0.2, 0.25) is 5.02 Å². The van der Waals surface area contributed by atoms with E-state index in [1.807, 2.05) is 12.1 Å². The Balaban J connectivity index is 1.77. The lowest BCUT2D eigenvalue weighted by Gasteiger charge is -2.20.